The second-order valence-electron chi connectivity index (χ2n) is 4.21. The van der Waals surface area contributed by atoms with Gasteiger partial charge in [0.1, 0.15) is 22.5 Å². The fraction of sp³-hybridized carbons (Fsp3) is 0.214. The zero-order chi connectivity index (χ0) is 14.7. The number of hydrogen-bond acceptors (Lipinski definition) is 6. The number of thiol groups is 1. The van der Waals surface area contributed by atoms with Crippen molar-refractivity contribution >= 4 is 18.5 Å². The van der Waals surface area contributed by atoms with Crippen LogP contribution in [0.25, 0.3) is 0 Å². The zero-order valence-electron chi connectivity index (χ0n) is 10.7. The molecule has 1 aromatic rings. The Labute approximate surface area is 122 Å². The molecule has 0 bridgehead atoms. The van der Waals surface area contributed by atoms with Gasteiger partial charge in [-0.05, 0) is 6.07 Å². The van der Waals surface area contributed by atoms with E-state index in [0.29, 0.717) is 11.3 Å². The Balaban J connectivity index is 2.66. The van der Waals surface area contributed by atoms with E-state index in [1.807, 2.05) is 18.2 Å². The number of aliphatic imine (C=N–C) groups is 1. The highest BCUT2D eigenvalue weighted by molar-refractivity contribution is 7.84. The molecule has 20 heavy (non-hydrogen) atoms. The van der Waals surface area contributed by atoms with Gasteiger partial charge in [-0.25, -0.2) is 4.99 Å². The van der Waals surface area contributed by atoms with Crippen molar-refractivity contribution in [2.75, 3.05) is 7.11 Å². The van der Waals surface area contributed by atoms with Crippen LogP contribution < -0.4 is 10.5 Å². The van der Waals surface area contributed by atoms with Crippen molar-refractivity contribution in [3.63, 3.8) is 0 Å². The number of hydrogen-bond donors (Lipinski definition) is 2. The molecule has 2 rings (SSSR count). The molecule has 2 atom stereocenters. The van der Waals surface area contributed by atoms with Crippen LogP contribution in [0.2, 0.25) is 0 Å². The average molecular weight is 284 g/mol. The predicted molar refractivity (Wildman–Crippen MR) is 78.1 cm³/mol. The van der Waals surface area contributed by atoms with Crippen LogP contribution in [0, 0.1) is 28.6 Å². The maximum absolute atomic E-state index is 9.35. The van der Waals surface area contributed by atoms with E-state index >= 15 is 0 Å². The van der Waals surface area contributed by atoms with Crippen molar-refractivity contribution in [1.29, 1.82) is 10.5 Å². The first-order valence-electron chi connectivity index (χ1n) is 5.83. The maximum Gasteiger partial charge on any atom is 0.122 e. The van der Waals surface area contributed by atoms with Gasteiger partial charge in [0.2, 0.25) is 0 Å². The molecule has 6 heteroatoms. The van der Waals surface area contributed by atoms with Gasteiger partial charge < -0.3 is 10.5 Å². The molecule has 0 saturated heterocycles. The molecule has 0 saturated carbocycles. The highest BCUT2D eigenvalue weighted by Gasteiger charge is 2.36. The Bertz CT molecular complexity index is 681. The standard InChI is InChI=1S/C14H12N4OS/c1-19-11-5-3-2-4-8(11)12-9(6-15)13(17)18-14(20)10(12)7-16/h2-5,9,12,20H,1H3,(H2,17,18)/t9?,12-/m0/s1. The smallest absolute Gasteiger partial charge is 0.122 e. The number of para-hydroxylation sites is 1. The number of methoxy groups -OCH3 is 1. The molecule has 1 aromatic carbocycles. The van der Waals surface area contributed by atoms with Crippen LogP contribution in [-0.4, -0.2) is 12.9 Å². The molecule has 1 unspecified atom stereocenters. The average Bonchev–Trinajstić information content (AvgIpc) is 2.46. The van der Waals surface area contributed by atoms with Crippen LogP contribution >= 0.6 is 12.6 Å². The number of nitriles is 2. The van der Waals surface area contributed by atoms with Gasteiger partial charge >= 0.3 is 0 Å². The minimum absolute atomic E-state index is 0.160. The summed E-state index contributed by atoms with van der Waals surface area (Å²) in [7, 11) is 1.54. The number of allylic oxidation sites excluding steroid dienone is 1. The number of nitrogens with zero attached hydrogens (tertiary/aromatic N) is 3. The second kappa shape index (κ2) is 5.68. The summed E-state index contributed by atoms with van der Waals surface area (Å²) in [6.45, 7) is 0. The summed E-state index contributed by atoms with van der Waals surface area (Å²) in [6.07, 6.45) is 0. The van der Waals surface area contributed by atoms with E-state index in [0.717, 1.165) is 5.56 Å². The first-order chi connectivity index (χ1) is 9.63. The Morgan fingerprint density at radius 3 is 2.65 bits per heavy atom. The van der Waals surface area contributed by atoms with Crippen LogP contribution in [0.5, 0.6) is 5.75 Å². The number of rotatable bonds is 2. The van der Waals surface area contributed by atoms with E-state index in [9.17, 15) is 10.5 Å². The Morgan fingerprint density at radius 1 is 1.35 bits per heavy atom. The second-order valence-corrected chi connectivity index (χ2v) is 4.64. The lowest BCUT2D eigenvalue weighted by Crippen LogP contribution is -2.32. The van der Waals surface area contributed by atoms with Crippen LogP contribution in [0.1, 0.15) is 11.5 Å². The third kappa shape index (κ3) is 2.22. The SMILES string of the molecule is COc1ccccc1[C@@H]1C(C#N)=C(S)N=C(N)C1C#N. The summed E-state index contributed by atoms with van der Waals surface area (Å²) in [5.41, 5.74) is 6.85. The normalized spacial score (nSPS) is 21.7. The summed E-state index contributed by atoms with van der Waals surface area (Å²) in [6, 6.07) is 11.4. The van der Waals surface area contributed by atoms with Gasteiger partial charge in [0.05, 0.1) is 24.8 Å². The molecular weight excluding hydrogens is 272 g/mol. The summed E-state index contributed by atoms with van der Waals surface area (Å²) < 4.78 is 5.31. The van der Waals surface area contributed by atoms with Gasteiger partial charge in [-0.1, -0.05) is 18.2 Å². The van der Waals surface area contributed by atoms with Crippen molar-refractivity contribution in [3.05, 3.63) is 40.4 Å². The van der Waals surface area contributed by atoms with Crippen LogP contribution in [0.15, 0.2) is 39.9 Å². The van der Waals surface area contributed by atoms with Crippen molar-refractivity contribution in [3.8, 4) is 17.9 Å². The number of nitrogens with two attached hydrogens (primary N) is 1. The molecule has 0 spiro atoms. The van der Waals surface area contributed by atoms with Crippen LogP contribution in [-0.2, 0) is 0 Å². The van der Waals surface area contributed by atoms with E-state index in [2.05, 4.69) is 29.8 Å². The van der Waals surface area contributed by atoms with E-state index in [4.69, 9.17) is 10.5 Å². The van der Waals surface area contributed by atoms with E-state index in [1.165, 1.54) is 7.11 Å². The molecular formula is C14H12N4OS. The van der Waals surface area contributed by atoms with Gasteiger partial charge in [-0.3, -0.25) is 0 Å². The van der Waals surface area contributed by atoms with Crippen molar-refractivity contribution in [2.24, 2.45) is 16.6 Å². The summed E-state index contributed by atoms with van der Waals surface area (Å²) in [5, 5.41) is 18.9. The Morgan fingerprint density at radius 2 is 2.05 bits per heavy atom. The number of amidine groups is 1. The molecule has 0 amide bonds. The monoisotopic (exact) mass is 284 g/mol. The van der Waals surface area contributed by atoms with E-state index < -0.39 is 11.8 Å². The summed E-state index contributed by atoms with van der Waals surface area (Å²) in [5.74, 6) is -0.475. The molecule has 100 valence electrons. The van der Waals surface area contributed by atoms with Crippen molar-refractivity contribution in [2.45, 2.75) is 5.92 Å². The highest BCUT2D eigenvalue weighted by atomic mass is 32.1. The minimum atomic E-state index is -0.711. The minimum Gasteiger partial charge on any atom is -0.496 e. The molecule has 0 radical (unpaired) electrons. The molecule has 0 aromatic heterocycles. The summed E-state index contributed by atoms with van der Waals surface area (Å²) >= 11 is 4.19. The lowest BCUT2D eigenvalue weighted by Gasteiger charge is -2.26. The maximum atomic E-state index is 9.35. The number of ether oxygens (including phenoxy) is 1. The number of benzene rings is 1. The zero-order valence-corrected chi connectivity index (χ0v) is 11.6. The van der Waals surface area contributed by atoms with Gasteiger partial charge in [0.25, 0.3) is 0 Å². The van der Waals surface area contributed by atoms with E-state index in [-0.39, 0.29) is 10.9 Å². The van der Waals surface area contributed by atoms with Gasteiger partial charge in [-0.2, -0.15) is 10.5 Å². The molecule has 1 aliphatic heterocycles. The predicted octanol–water partition coefficient (Wildman–Crippen LogP) is 1.95. The Hall–Kier alpha value is -2.44. The quantitative estimate of drug-likeness (QED) is 0.811. The fourth-order valence-electron chi connectivity index (χ4n) is 2.25. The van der Waals surface area contributed by atoms with Crippen molar-refractivity contribution < 1.29 is 4.74 Å². The molecule has 0 aliphatic carbocycles. The van der Waals surface area contributed by atoms with Crippen molar-refractivity contribution in [1.82, 2.24) is 0 Å². The third-order valence-corrected chi connectivity index (χ3v) is 3.51. The van der Waals surface area contributed by atoms with Gasteiger partial charge in [-0.15, -0.1) is 12.6 Å². The lowest BCUT2D eigenvalue weighted by atomic mass is 9.79. The first kappa shape index (κ1) is 14.0. The third-order valence-electron chi connectivity index (χ3n) is 3.17. The topological polar surface area (TPSA) is 95.2 Å². The highest BCUT2D eigenvalue weighted by Crippen LogP contribution is 2.41. The molecule has 5 nitrogen and oxygen atoms in total. The molecule has 2 N–H and O–H groups in total. The van der Waals surface area contributed by atoms with Crippen LogP contribution in [0.3, 0.4) is 0 Å². The van der Waals surface area contributed by atoms with E-state index in [1.54, 1.807) is 6.07 Å². The molecule has 1 heterocycles. The van der Waals surface area contributed by atoms with Gasteiger partial charge in [0, 0.05) is 11.5 Å². The fourth-order valence-corrected chi connectivity index (χ4v) is 2.55. The molecule has 0 fully saturated rings. The largest absolute Gasteiger partial charge is 0.496 e. The van der Waals surface area contributed by atoms with Crippen LogP contribution in [0.4, 0.5) is 0 Å². The molecule has 1 aliphatic rings. The van der Waals surface area contributed by atoms with Gasteiger partial charge in [0.15, 0.2) is 0 Å². The Kier molecular flexibility index (Phi) is 3.97. The first-order valence-corrected chi connectivity index (χ1v) is 6.28. The lowest BCUT2D eigenvalue weighted by molar-refractivity contribution is 0.406. The summed E-state index contributed by atoms with van der Waals surface area (Å²) in [4.78, 5) is 3.97.